The van der Waals surface area contributed by atoms with Gasteiger partial charge in [0, 0.05) is 0 Å². The van der Waals surface area contributed by atoms with Crippen molar-refractivity contribution in [3.05, 3.63) is 106 Å². The Kier molecular flexibility index (Phi) is 14.7. The fourth-order valence-corrected chi connectivity index (χ4v) is 3.17. The van der Waals surface area contributed by atoms with E-state index < -0.39 is 35.8 Å². The number of benzene rings is 3. The van der Waals surface area contributed by atoms with E-state index >= 15 is 0 Å². The molecular weight excluding hydrogens is 552 g/mol. The van der Waals surface area contributed by atoms with E-state index in [0.29, 0.717) is 0 Å². The van der Waals surface area contributed by atoms with E-state index in [1.165, 1.54) is 50.6 Å². The lowest BCUT2D eigenvalue weighted by Gasteiger charge is -2.07. The van der Waals surface area contributed by atoms with Crippen LogP contribution >= 0.6 is 0 Å². The molecule has 12 nitrogen and oxygen atoms in total. The number of hydrogen-bond donors (Lipinski definition) is 2. The number of carbonyl (C=O) groups excluding carboxylic acids is 4. The Labute approximate surface area is 241 Å². The number of carbonyl (C=O) groups is 6. The van der Waals surface area contributed by atoms with Crippen LogP contribution in [0.4, 0.5) is 0 Å². The maximum atomic E-state index is 11.5. The summed E-state index contributed by atoms with van der Waals surface area (Å²) in [7, 11) is 2.52. The number of ether oxygens (including phenoxy) is 4. The summed E-state index contributed by atoms with van der Waals surface area (Å²) in [6.07, 6.45) is 0. The van der Waals surface area contributed by atoms with Crippen molar-refractivity contribution in [1.29, 1.82) is 0 Å². The summed E-state index contributed by atoms with van der Waals surface area (Å²) in [5.41, 5.74) is 0.518. The molecule has 0 saturated heterocycles. The van der Waals surface area contributed by atoms with Gasteiger partial charge in [-0.2, -0.15) is 0 Å². The second-order valence-electron chi connectivity index (χ2n) is 7.67. The van der Waals surface area contributed by atoms with E-state index in [1.807, 2.05) is 0 Å². The Morgan fingerprint density at radius 1 is 0.476 bits per heavy atom. The first kappa shape index (κ1) is 34.5. The van der Waals surface area contributed by atoms with Gasteiger partial charge in [-0.15, -0.1) is 0 Å². The Morgan fingerprint density at radius 2 is 0.714 bits per heavy atom. The standard InChI is InChI=1S/C12H14O4.C10H10O4.C8H6O4/c1-3-15-11(13)9-7-5-6-8-10(9)12(14)16-4-2;1-13-9(11)7-5-3-4-6-8(7)10(12)14-2;9-7(10)5-3-1-2-4-6(5)8(11)12/h5-8H,3-4H2,1-2H3;3-6H,1-2H3;1-4H,(H,9,10)(H,11,12). The van der Waals surface area contributed by atoms with Gasteiger partial charge in [0.2, 0.25) is 0 Å². The van der Waals surface area contributed by atoms with E-state index in [-0.39, 0.29) is 46.6 Å². The van der Waals surface area contributed by atoms with Gasteiger partial charge in [0.25, 0.3) is 0 Å². The molecule has 3 aromatic rings. The van der Waals surface area contributed by atoms with Gasteiger partial charge in [0.1, 0.15) is 0 Å². The van der Waals surface area contributed by atoms with E-state index in [2.05, 4.69) is 9.47 Å². The third kappa shape index (κ3) is 10.2. The number of carboxylic acids is 2. The molecule has 0 aliphatic heterocycles. The fourth-order valence-electron chi connectivity index (χ4n) is 3.17. The summed E-state index contributed by atoms with van der Waals surface area (Å²) < 4.78 is 18.8. The summed E-state index contributed by atoms with van der Waals surface area (Å²) in [4.78, 5) is 66.5. The first-order chi connectivity index (χ1) is 20.0. The molecule has 2 N–H and O–H groups in total. The number of methoxy groups -OCH3 is 2. The maximum Gasteiger partial charge on any atom is 0.338 e. The van der Waals surface area contributed by atoms with Crippen molar-refractivity contribution in [3.8, 4) is 0 Å². The summed E-state index contributed by atoms with van der Waals surface area (Å²) in [6, 6.07) is 18.2. The zero-order chi connectivity index (χ0) is 31.7. The van der Waals surface area contributed by atoms with Crippen LogP contribution in [0.3, 0.4) is 0 Å². The Bertz CT molecular complexity index is 1310. The third-order valence-electron chi connectivity index (χ3n) is 5.04. The molecule has 0 unspecified atom stereocenters. The van der Waals surface area contributed by atoms with Crippen molar-refractivity contribution in [3.63, 3.8) is 0 Å². The van der Waals surface area contributed by atoms with Crippen molar-refractivity contribution in [2.45, 2.75) is 13.8 Å². The molecule has 0 aliphatic carbocycles. The van der Waals surface area contributed by atoms with Gasteiger partial charge in [-0.1, -0.05) is 36.4 Å². The quantitative estimate of drug-likeness (QED) is 0.283. The monoisotopic (exact) mass is 582 g/mol. The lowest BCUT2D eigenvalue weighted by atomic mass is 10.1. The molecule has 0 bridgehead atoms. The normalized spacial score (nSPS) is 9.43. The van der Waals surface area contributed by atoms with Gasteiger partial charge in [0.15, 0.2) is 0 Å². The topological polar surface area (TPSA) is 180 Å². The zero-order valence-corrected chi connectivity index (χ0v) is 23.3. The Morgan fingerprint density at radius 3 is 0.929 bits per heavy atom. The predicted molar refractivity (Wildman–Crippen MR) is 148 cm³/mol. The maximum absolute atomic E-state index is 11.5. The van der Waals surface area contributed by atoms with Crippen LogP contribution in [0.5, 0.6) is 0 Å². The SMILES string of the molecule is CCOC(=O)c1ccccc1C(=O)OCC.COC(=O)c1ccccc1C(=O)OC.O=C(O)c1ccccc1C(=O)O. The van der Waals surface area contributed by atoms with Gasteiger partial charge < -0.3 is 29.2 Å². The molecular formula is C30H30O12. The molecule has 3 rings (SSSR count). The van der Waals surface area contributed by atoms with Crippen LogP contribution in [-0.4, -0.2) is 73.5 Å². The van der Waals surface area contributed by atoms with E-state index in [9.17, 15) is 28.8 Å². The average molecular weight is 583 g/mol. The summed E-state index contributed by atoms with van der Waals surface area (Å²) in [6.45, 7) is 3.97. The lowest BCUT2D eigenvalue weighted by molar-refractivity contribution is 0.0479. The second kappa shape index (κ2) is 17.9. The molecule has 0 atom stereocenters. The van der Waals surface area contributed by atoms with Crippen molar-refractivity contribution in [2.24, 2.45) is 0 Å². The smallest absolute Gasteiger partial charge is 0.338 e. The Balaban J connectivity index is 0.000000318. The van der Waals surface area contributed by atoms with E-state index in [1.54, 1.807) is 50.2 Å². The zero-order valence-electron chi connectivity index (χ0n) is 23.3. The molecule has 0 aliphatic rings. The summed E-state index contributed by atoms with van der Waals surface area (Å²) >= 11 is 0. The van der Waals surface area contributed by atoms with Gasteiger partial charge >= 0.3 is 35.8 Å². The second-order valence-corrected chi connectivity index (χ2v) is 7.67. The first-order valence-corrected chi connectivity index (χ1v) is 12.3. The molecule has 0 saturated carbocycles. The molecule has 42 heavy (non-hydrogen) atoms. The molecule has 3 aromatic carbocycles. The number of carboxylic acid groups (broad SMARTS) is 2. The van der Waals surface area contributed by atoms with Crippen molar-refractivity contribution < 1.29 is 57.9 Å². The van der Waals surface area contributed by atoms with Gasteiger partial charge in [-0.25, -0.2) is 28.8 Å². The minimum absolute atomic E-state index is 0.190. The highest BCUT2D eigenvalue weighted by molar-refractivity contribution is 6.04. The molecule has 0 aromatic heterocycles. The third-order valence-corrected chi connectivity index (χ3v) is 5.04. The lowest BCUT2D eigenvalue weighted by Crippen LogP contribution is -2.13. The Hall–Kier alpha value is -5.52. The molecule has 222 valence electrons. The fraction of sp³-hybridized carbons (Fsp3) is 0.200. The van der Waals surface area contributed by atoms with Crippen molar-refractivity contribution in [1.82, 2.24) is 0 Å². The molecule has 0 amide bonds. The minimum atomic E-state index is -1.23. The van der Waals surface area contributed by atoms with Crippen LogP contribution in [-0.2, 0) is 18.9 Å². The van der Waals surface area contributed by atoms with Crippen LogP contribution in [0, 0.1) is 0 Å². The van der Waals surface area contributed by atoms with Crippen molar-refractivity contribution in [2.75, 3.05) is 27.4 Å². The molecule has 0 heterocycles. The molecule has 0 radical (unpaired) electrons. The minimum Gasteiger partial charge on any atom is -0.478 e. The number of esters is 4. The number of rotatable bonds is 8. The average Bonchev–Trinajstić information content (AvgIpc) is 3.01. The van der Waals surface area contributed by atoms with Crippen LogP contribution in [0.15, 0.2) is 72.8 Å². The van der Waals surface area contributed by atoms with Gasteiger partial charge in [0.05, 0.1) is 60.8 Å². The number of aromatic carboxylic acids is 2. The van der Waals surface area contributed by atoms with Crippen molar-refractivity contribution >= 4 is 35.8 Å². The van der Waals surface area contributed by atoms with E-state index in [0.717, 1.165) is 0 Å². The predicted octanol–water partition coefficient (Wildman–Crippen LogP) is 4.38. The highest BCUT2D eigenvalue weighted by Crippen LogP contribution is 2.13. The summed E-state index contributed by atoms with van der Waals surface area (Å²) in [5, 5.41) is 17.1. The van der Waals surface area contributed by atoms with Crippen LogP contribution in [0.1, 0.15) is 76.0 Å². The van der Waals surface area contributed by atoms with Crippen LogP contribution in [0.2, 0.25) is 0 Å². The van der Waals surface area contributed by atoms with E-state index in [4.69, 9.17) is 19.7 Å². The summed E-state index contributed by atoms with van der Waals surface area (Å²) in [5.74, 6) is -4.57. The van der Waals surface area contributed by atoms with Gasteiger partial charge in [-0.05, 0) is 50.2 Å². The highest BCUT2D eigenvalue weighted by Gasteiger charge is 2.18. The molecule has 0 spiro atoms. The van der Waals surface area contributed by atoms with Crippen LogP contribution < -0.4 is 0 Å². The highest BCUT2D eigenvalue weighted by atomic mass is 16.5. The first-order valence-electron chi connectivity index (χ1n) is 12.3. The van der Waals surface area contributed by atoms with Crippen LogP contribution in [0.25, 0.3) is 0 Å². The largest absolute Gasteiger partial charge is 0.478 e. The van der Waals surface area contributed by atoms with Gasteiger partial charge in [-0.3, -0.25) is 0 Å². The molecule has 12 heteroatoms. The number of hydrogen-bond acceptors (Lipinski definition) is 10. The molecule has 0 fully saturated rings.